The van der Waals surface area contributed by atoms with Gasteiger partial charge in [-0.3, -0.25) is 9.59 Å². The molecule has 11 atom stereocenters. The number of phenols is 1. The molecule has 0 radical (unpaired) electrons. The predicted octanol–water partition coefficient (Wildman–Crippen LogP) is -4.40. The van der Waals surface area contributed by atoms with Crippen molar-refractivity contribution >= 4 is 17.6 Å². The Hall–Kier alpha value is -3.26. The van der Waals surface area contributed by atoms with Crippen LogP contribution >= 0.6 is 0 Å². The van der Waals surface area contributed by atoms with Crippen molar-refractivity contribution in [2.45, 2.75) is 66.6 Å². The molecule has 0 saturated carbocycles. The topological polar surface area (TPSA) is 295 Å². The van der Waals surface area contributed by atoms with E-state index >= 15 is 0 Å². The van der Waals surface area contributed by atoms with Crippen molar-refractivity contribution in [1.29, 1.82) is 0 Å². The van der Waals surface area contributed by atoms with E-state index in [4.69, 9.17) is 9.47 Å². The number of aliphatic hydroxyl groups is 11. The van der Waals surface area contributed by atoms with Crippen LogP contribution in [0.1, 0.15) is 5.56 Å². The van der Waals surface area contributed by atoms with Gasteiger partial charge in [-0.15, -0.1) is 0 Å². The second-order valence-electron chi connectivity index (χ2n) is 10.4. The van der Waals surface area contributed by atoms with Crippen LogP contribution in [0, 0.1) is 0 Å². The Morgan fingerprint density at radius 1 is 0.767 bits per heavy atom. The molecule has 0 aromatic heterocycles. The van der Waals surface area contributed by atoms with Crippen LogP contribution in [0.2, 0.25) is 0 Å². The average molecular weight is 613 g/mol. The lowest BCUT2D eigenvalue weighted by molar-refractivity contribution is -0.261. The van der Waals surface area contributed by atoms with Crippen molar-refractivity contribution in [3.05, 3.63) is 58.6 Å². The second kappa shape index (κ2) is 12.4. The lowest BCUT2D eigenvalue weighted by atomic mass is 9.69. The Kier molecular flexibility index (Phi) is 9.41. The zero-order chi connectivity index (χ0) is 32.0. The number of ketones is 2. The first-order chi connectivity index (χ1) is 20.2. The van der Waals surface area contributed by atoms with E-state index in [-0.39, 0.29) is 5.75 Å². The summed E-state index contributed by atoms with van der Waals surface area (Å²) >= 11 is 0. The van der Waals surface area contributed by atoms with Gasteiger partial charge in [0.15, 0.2) is 0 Å². The Morgan fingerprint density at radius 3 is 1.86 bits per heavy atom. The number of aliphatic hydroxyl groups excluding tert-OH is 10. The van der Waals surface area contributed by atoms with Crippen LogP contribution in [-0.4, -0.2) is 153 Å². The summed E-state index contributed by atoms with van der Waals surface area (Å²) in [5.41, 5.74) is -5.62. The summed E-state index contributed by atoms with van der Waals surface area (Å²) in [5, 5.41) is 125. The molecule has 236 valence electrons. The van der Waals surface area contributed by atoms with E-state index in [1.54, 1.807) is 0 Å². The average Bonchev–Trinajstić information content (AvgIpc) is 2.98. The molecule has 2 saturated heterocycles. The van der Waals surface area contributed by atoms with Crippen molar-refractivity contribution in [2.75, 3.05) is 13.2 Å². The Balaban J connectivity index is 1.92. The molecule has 1 aliphatic carbocycles. The van der Waals surface area contributed by atoms with E-state index in [2.05, 4.69) is 0 Å². The molecule has 16 heteroatoms. The van der Waals surface area contributed by atoms with Gasteiger partial charge in [-0.1, -0.05) is 18.2 Å². The molecule has 16 nitrogen and oxygen atoms in total. The maximum atomic E-state index is 13.9. The number of carbonyl (C=O) groups excluding carboxylic acids is 2. The molecule has 43 heavy (non-hydrogen) atoms. The largest absolute Gasteiger partial charge is 0.508 e. The fourth-order valence-corrected chi connectivity index (χ4v) is 5.24. The van der Waals surface area contributed by atoms with Gasteiger partial charge in [-0.2, -0.15) is 0 Å². The van der Waals surface area contributed by atoms with E-state index in [0.29, 0.717) is 5.56 Å². The number of phenolic OH excluding ortho intramolecular Hbond substituents is 1. The third-order valence-corrected chi connectivity index (χ3v) is 7.72. The molecule has 2 fully saturated rings. The summed E-state index contributed by atoms with van der Waals surface area (Å²) in [6.07, 6.45) is -18.7. The van der Waals surface area contributed by atoms with Gasteiger partial charge in [-0.25, -0.2) is 0 Å². The first-order valence-electron chi connectivity index (χ1n) is 13.0. The Bertz CT molecular complexity index is 1320. The van der Waals surface area contributed by atoms with Crippen LogP contribution in [0.25, 0.3) is 6.08 Å². The first-order valence-corrected chi connectivity index (χ1v) is 13.0. The molecular weight excluding hydrogens is 580 g/mol. The lowest BCUT2D eigenvalue weighted by Gasteiger charge is -2.48. The van der Waals surface area contributed by atoms with E-state index in [1.807, 2.05) is 0 Å². The number of hydrogen-bond acceptors (Lipinski definition) is 16. The monoisotopic (exact) mass is 612 g/mol. The third-order valence-electron chi connectivity index (χ3n) is 7.72. The minimum atomic E-state index is -3.63. The minimum Gasteiger partial charge on any atom is -0.508 e. The zero-order valence-electron chi connectivity index (χ0n) is 22.2. The van der Waals surface area contributed by atoms with Crippen molar-refractivity contribution in [3.8, 4) is 5.75 Å². The molecule has 0 unspecified atom stereocenters. The number of ether oxygens (including phenoxy) is 2. The van der Waals surface area contributed by atoms with Gasteiger partial charge in [0.05, 0.1) is 18.8 Å². The summed E-state index contributed by atoms with van der Waals surface area (Å²) in [7, 11) is 0. The molecule has 2 heterocycles. The molecule has 0 spiro atoms. The number of rotatable bonds is 6. The molecule has 0 amide bonds. The van der Waals surface area contributed by atoms with E-state index in [1.165, 1.54) is 30.3 Å². The molecule has 2 aliphatic heterocycles. The quantitative estimate of drug-likeness (QED) is 0.0820. The number of carbonyl (C=O) groups is 2. The van der Waals surface area contributed by atoms with Gasteiger partial charge in [-0.05, 0) is 23.8 Å². The van der Waals surface area contributed by atoms with E-state index < -0.39 is 114 Å². The fraction of sp³-hybridized carbons (Fsp3) is 0.481. The number of allylic oxidation sites excluding steroid dienone is 2. The SMILES string of the molecule is O=C1C([C@@H]2O[C@H](CO)[C@@H](O)[C@H](O)[C@H]2O)=C(O)/C(=C(O)\C=C\c2ccc(O)cc2)C(=O)[C@@]1(O)[C@@H]1O[C@H](CO)[C@@H](O)[C@H](O)[C@H]1O. The van der Waals surface area contributed by atoms with Crippen molar-refractivity contribution in [2.24, 2.45) is 0 Å². The smallest absolute Gasteiger partial charge is 0.219 e. The summed E-state index contributed by atoms with van der Waals surface area (Å²) in [5.74, 6) is -6.12. The molecule has 12 N–H and O–H groups in total. The van der Waals surface area contributed by atoms with Gasteiger partial charge in [0.25, 0.3) is 0 Å². The van der Waals surface area contributed by atoms with Crippen LogP contribution in [0.3, 0.4) is 0 Å². The third kappa shape index (κ3) is 5.47. The zero-order valence-corrected chi connectivity index (χ0v) is 22.2. The second-order valence-corrected chi connectivity index (χ2v) is 10.4. The van der Waals surface area contributed by atoms with E-state index in [9.17, 15) is 70.9 Å². The van der Waals surface area contributed by atoms with Crippen LogP contribution in [0.4, 0.5) is 0 Å². The molecule has 3 aliphatic rings. The van der Waals surface area contributed by atoms with Crippen molar-refractivity contribution in [1.82, 2.24) is 0 Å². The number of hydrogen-bond donors (Lipinski definition) is 12. The minimum absolute atomic E-state index is 0.0879. The highest BCUT2D eigenvalue weighted by Crippen LogP contribution is 2.42. The van der Waals surface area contributed by atoms with Crippen LogP contribution in [0.15, 0.2) is 53.0 Å². The highest BCUT2D eigenvalue weighted by atomic mass is 16.6. The van der Waals surface area contributed by atoms with Crippen molar-refractivity contribution in [3.63, 3.8) is 0 Å². The van der Waals surface area contributed by atoms with Gasteiger partial charge in [0.2, 0.25) is 17.2 Å². The summed E-state index contributed by atoms with van der Waals surface area (Å²) < 4.78 is 10.6. The van der Waals surface area contributed by atoms with E-state index in [0.717, 1.165) is 6.08 Å². The maximum Gasteiger partial charge on any atom is 0.219 e. The molecule has 4 rings (SSSR count). The maximum absolute atomic E-state index is 13.9. The van der Waals surface area contributed by atoms with Gasteiger partial charge < -0.3 is 70.8 Å². The molecule has 1 aromatic carbocycles. The molecule has 1 aromatic rings. The van der Waals surface area contributed by atoms with Crippen LogP contribution in [-0.2, 0) is 19.1 Å². The lowest BCUT2D eigenvalue weighted by Crippen LogP contribution is -2.72. The molecule has 0 bridgehead atoms. The van der Waals surface area contributed by atoms with Crippen LogP contribution < -0.4 is 0 Å². The number of Topliss-reactive ketones (excluding diaryl/α,β-unsaturated/α-hetero) is 2. The predicted molar refractivity (Wildman–Crippen MR) is 139 cm³/mol. The van der Waals surface area contributed by atoms with Gasteiger partial charge in [0.1, 0.15) is 83.9 Å². The number of aromatic hydroxyl groups is 1. The Morgan fingerprint density at radius 2 is 1.30 bits per heavy atom. The van der Waals surface area contributed by atoms with Gasteiger partial charge >= 0.3 is 0 Å². The fourth-order valence-electron chi connectivity index (χ4n) is 5.24. The summed E-state index contributed by atoms with van der Waals surface area (Å²) in [6.45, 7) is -1.99. The Labute approximate surface area is 242 Å². The normalized spacial score (nSPS) is 40.3. The summed E-state index contributed by atoms with van der Waals surface area (Å²) in [4.78, 5) is 27.6. The highest BCUT2D eigenvalue weighted by Gasteiger charge is 2.65. The van der Waals surface area contributed by atoms with Crippen LogP contribution in [0.5, 0.6) is 5.75 Å². The first kappa shape index (κ1) is 32.6. The standard InChI is InChI=1S/C27H32O16/c28-7-12-16(32)19(35)21(37)23(42-12)15-18(34)14(11(31)6-3-9-1-4-10(30)5-2-9)24(39)27(41,25(15)40)26-22(38)20(36)17(33)13(8-29)43-26/h1-6,12-13,16-17,19-23,26,28-38,41H,7-8H2/b6-3+,14-11-/t12-,13-,16-,17-,19+,20+,21-,22-,23+,26-,27+/m1/s1. The summed E-state index contributed by atoms with van der Waals surface area (Å²) in [6, 6.07) is 5.38. The highest BCUT2D eigenvalue weighted by molar-refractivity contribution is 6.28. The number of benzene rings is 1. The van der Waals surface area contributed by atoms with Gasteiger partial charge in [0, 0.05) is 0 Å². The van der Waals surface area contributed by atoms with Crippen molar-refractivity contribution < 1.29 is 80.3 Å². The molecular formula is C27H32O16.